The maximum Gasteiger partial charge on any atom is 0.316 e. The minimum Gasteiger partial charge on any atom is -0.312 e. The van der Waals surface area contributed by atoms with Gasteiger partial charge >= 0.3 is 11.1 Å². The Kier molecular flexibility index (Phi) is 3.76. The van der Waals surface area contributed by atoms with Gasteiger partial charge in [0.1, 0.15) is 0 Å². The Morgan fingerprint density at radius 2 is 2.05 bits per heavy atom. The van der Waals surface area contributed by atoms with E-state index in [2.05, 4.69) is 4.98 Å². The van der Waals surface area contributed by atoms with Crippen LogP contribution in [0.2, 0.25) is 0 Å². The Balaban J connectivity index is 2.27. The first-order chi connectivity index (χ1) is 9.52. The van der Waals surface area contributed by atoms with Crippen molar-refractivity contribution in [1.29, 1.82) is 0 Å². The van der Waals surface area contributed by atoms with Crippen molar-refractivity contribution in [3.05, 3.63) is 62.7 Å². The van der Waals surface area contributed by atoms with Gasteiger partial charge in [-0.25, -0.2) is 5.84 Å². The van der Waals surface area contributed by atoms with Crippen LogP contribution >= 0.6 is 0 Å². The highest BCUT2D eigenvalue weighted by Crippen LogP contribution is 2.01. The van der Waals surface area contributed by atoms with Crippen LogP contribution in [0.15, 0.2) is 40.3 Å². The summed E-state index contributed by atoms with van der Waals surface area (Å²) in [6.45, 7) is 0.152. The quantitative estimate of drug-likeness (QED) is 0.309. The van der Waals surface area contributed by atoms with Gasteiger partial charge in [0.15, 0.2) is 0 Å². The molecule has 2 rings (SSSR count). The minimum absolute atomic E-state index is 0.152. The molecular weight excluding hydrogens is 262 g/mol. The smallest absolute Gasteiger partial charge is 0.312 e. The molecule has 0 bridgehead atoms. The number of nitrogens with two attached hydrogens (primary N) is 1. The first-order valence-electron chi connectivity index (χ1n) is 5.75. The van der Waals surface area contributed by atoms with Crippen LogP contribution in [0.25, 0.3) is 0 Å². The number of rotatable bonds is 3. The molecular formula is C12H13N5O3. The van der Waals surface area contributed by atoms with E-state index in [4.69, 9.17) is 5.84 Å². The van der Waals surface area contributed by atoms with E-state index in [9.17, 15) is 14.4 Å². The topological polar surface area (TPSA) is 112 Å². The molecule has 0 spiro atoms. The largest absolute Gasteiger partial charge is 0.316 e. The van der Waals surface area contributed by atoms with Crippen molar-refractivity contribution in [3.8, 4) is 0 Å². The van der Waals surface area contributed by atoms with Gasteiger partial charge in [0, 0.05) is 25.6 Å². The fourth-order valence-electron chi connectivity index (χ4n) is 1.62. The fourth-order valence-corrected chi connectivity index (χ4v) is 1.62. The van der Waals surface area contributed by atoms with Crippen LogP contribution in [0.1, 0.15) is 16.1 Å². The number of amides is 1. The third-order valence-corrected chi connectivity index (χ3v) is 2.78. The zero-order valence-corrected chi connectivity index (χ0v) is 10.7. The Labute approximate surface area is 113 Å². The van der Waals surface area contributed by atoms with Crippen LogP contribution in [0.3, 0.4) is 0 Å². The fraction of sp³-hybridized carbons (Fsp3) is 0.167. The van der Waals surface area contributed by atoms with E-state index in [1.165, 1.54) is 40.8 Å². The van der Waals surface area contributed by atoms with E-state index in [-0.39, 0.29) is 6.54 Å². The second-order valence-corrected chi connectivity index (χ2v) is 4.16. The highest BCUT2D eigenvalue weighted by Gasteiger charge is 2.06. The lowest BCUT2D eigenvalue weighted by Gasteiger charge is -2.06. The van der Waals surface area contributed by atoms with Crippen LogP contribution in [-0.2, 0) is 13.6 Å². The van der Waals surface area contributed by atoms with Crippen molar-refractivity contribution in [1.82, 2.24) is 19.5 Å². The molecule has 104 valence electrons. The van der Waals surface area contributed by atoms with Crippen LogP contribution in [0, 0.1) is 0 Å². The van der Waals surface area contributed by atoms with Gasteiger partial charge in [0.2, 0.25) is 0 Å². The lowest BCUT2D eigenvalue weighted by Crippen LogP contribution is -2.39. The van der Waals surface area contributed by atoms with Crippen LogP contribution in [0.4, 0.5) is 0 Å². The van der Waals surface area contributed by atoms with Crippen LogP contribution in [0.5, 0.6) is 0 Å². The van der Waals surface area contributed by atoms with Gasteiger partial charge in [-0.3, -0.25) is 24.8 Å². The first-order valence-corrected chi connectivity index (χ1v) is 5.75. The maximum absolute atomic E-state index is 11.7. The molecule has 2 aromatic rings. The van der Waals surface area contributed by atoms with E-state index in [1.807, 2.05) is 5.43 Å². The molecule has 0 saturated carbocycles. The number of hydrogen-bond donors (Lipinski definition) is 2. The summed E-state index contributed by atoms with van der Waals surface area (Å²) in [4.78, 5) is 38.5. The number of hydrogen-bond acceptors (Lipinski definition) is 5. The molecule has 8 nitrogen and oxygen atoms in total. The Morgan fingerprint density at radius 1 is 1.30 bits per heavy atom. The van der Waals surface area contributed by atoms with Gasteiger partial charge in [0.25, 0.3) is 5.91 Å². The van der Waals surface area contributed by atoms with E-state index in [0.29, 0.717) is 11.3 Å². The number of pyridine rings is 1. The average Bonchev–Trinajstić information content (AvgIpc) is 2.48. The summed E-state index contributed by atoms with van der Waals surface area (Å²) in [6.07, 6.45) is 4.36. The number of aryl methyl sites for hydroxylation is 1. The molecule has 3 N–H and O–H groups in total. The van der Waals surface area contributed by atoms with E-state index in [0.717, 1.165) is 0 Å². The van der Waals surface area contributed by atoms with Crippen molar-refractivity contribution in [2.24, 2.45) is 12.9 Å². The second-order valence-electron chi connectivity index (χ2n) is 4.16. The van der Waals surface area contributed by atoms with E-state index in [1.54, 1.807) is 6.07 Å². The second kappa shape index (κ2) is 5.49. The summed E-state index contributed by atoms with van der Waals surface area (Å²) >= 11 is 0. The third kappa shape index (κ3) is 2.64. The minimum atomic E-state index is -0.624. The number of nitrogens with zero attached hydrogens (tertiary/aromatic N) is 3. The number of aromatic nitrogens is 3. The monoisotopic (exact) mass is 275 g/mol. The summed E-state index contributed by atoms with van der Waals surface area (Å²) in [5.74, 6) is 4.56. The van der Waals surface area contributed by atoms with Crippen molar-refractivity contribution in [2.75, 3.05) is 0 Å². The summed E-state index contributed by atoms with van der Waals surface area (Å²) in [6, 6.07) is 3.13. The molecule has 2 heterocycles. The van der Waals surface area contributed by atoms with Gasteiger partial charge in [-0.15, -0.1) is 0 Å². The van der Waals surface area contributed by atoms with Crippen LogP contribution < -0.4 is 22.4 Å². The number of carbonyl (C=O) groups is 1. The molecule has 20 heavy (non-hydrogen) atoms. The predicted molar refractivity (Wildman–Crippen MR) is 70.9 cm³/mol. The third-order valence-electron chi connectivity index (χ3n) is 2.78. The van der Waals surface area contributed by atoms with Gasteiger partial charge in [-0.1, -0.05) is 0 Å². The molecule has 0 aliphatic carbocycles. The highest BCUT2D eigenvalue weighted by atomic mass is 16.2. The first kappa shape index (κ1) is 13.7. The highest BCUT2D eigenvalue weighted by molar-refractivity contribution is 5.93. The molecule has 0 aliphatic heterocycles. The normalized spacial score (nSPS) is 10.3. The summed E-state index contributed by atoms with van der Waals surface area (Å²) in [7, 11) is 1.51. The summed E-state index contributed by atoms with van der Waals surface area (Å²) < 4.78 is 2.47. The Morgan fingerprint density at radius 3 is 2.65 bits per heavy atom. The van der Waals surface area contributed by atoms with Gasteiger partial charge in [0.05, 0.1) is 17.8 Å². The standard InChI is InChI=1S/C12H13N5O3/c1-16-4-5-17(12(20)11(16)19)7-9-3-2-8(6-14-9)10(18)15-13/h2-6H,7,13H2,1H3,(H,15,18). The summed E-state index contributed by atoms with van der Waals surface area (Å²) in [5.41, 5.74) is 1.63. The molecule has 1 amide bonds. The molecule has 0 fully saturated rings. The molecule has 0 aromatic carbocycles. The Hall–Kier alpha value is -2.74. The molecule has 8 heteroatoms. The maximum atomic E-state index is 11.7. The molecule has 0 aliphatic rings. The average molecular weight is 275 g/mol. The van der Waals surface area contributed by atoms with Gasteiger partial charge < -0.3 is 9.13 Å². The van der Waals surface area contributed by atoms with Crippen molar-refractivity contribution in [3.63, 3.8) is 0 Å². The number of hydrazine groups is 1. The van der Waals surface area contributed by atoms with E-state index < -0.39 is 17.0 Å². The van der Waals surface area contributed by atoms with Crippen LogP contribution in [-0.4, -0.2) is 20.0 Å². The van der Waals surface area contributed by atoms with Crippen molar-refractivity contribution in [2.45, 2.75) is 6.54 Å². The van der Waals surface area contributed by atoms with Gasteiger partial charge in [-0.05, 0) is 12.1 Å². The molecule has 0 unspecified atom stereocenters. The zero-order chi connectivity index (χ0) is 14.7. The molecule has 0 atom stereocenters. The Bertz CT molecular complexity index is 745. The number of carbonyl (C=O) groups excluding carboxylic acids is 1. The molecule has 0 radical (unpaired) electrons. The van der Waals surface area contributed by atoms with E-state index >= 15 is 0 Å². The SMILES string of the molecule is Cn1ccn(Cc2ccc(C(=O)NN)cn2)c(=O)c1=O. The number of nitrogen functional groups attached to an aromatic ring is 1. The number of nitrogens with one attached hydrogen (secondary N) is 1. The molecule has 0 saturated heterocycles. The van der Waals surface area contributed by atoms with Gasteiger partial charge in [-0.2, -0.15) is 0 Å². The van der Waals surface area contributed by atoms with Crippen molar-refractivity contribution >= 4 is 5.91 Å². The van der Waals surface area contributed by atoms with Crippen molar-refractivity contribution < 1.29 is 4.79 Å². The lowest BCUT2D eigenvalue weighted by molar-refractivity contribution is 0.0953. The molecule has 2 aromatic heterocycles. The zero-order valence-electron chi connectivity index (χ0n) is 10.7. The predicted octanol–water partition coefficient (Wildman–Crippen LogP) is -1.41. The summed E-state index contributed by atoms with van der Waals surface area (Å²) in [5, 5.41) is 0. The lowest BCUT2D eigenvalue weighted by atomic mass is 10.2.